The molecule has 0 saturated carbocycles. The Labute approximate surface area is 83.5 Å². The molecule has 1 amide bonds. The fourth-order valence-electron chi connectivity index (χ4n) is 1.16. The van der Waals surface area contributed by atoms with Gasteiger partial charge in [0.25, 0.3) is 0 Å². The number of hydrogen-bond acceptors (Lipinski definition) is 3. The highest BCUT2D eigenvalue weighted by atomic mass is 16.3. The molecule has 1 rings (SSSR count). The highest BCUT2D eigenvalue weighted by molar-refractivity contribution is 5.82. The molecule has 1 unspecified atom stereocenters. The number of hydrogen-bond donors (Lipinski definition) is 2. The minimum absolute atomic E-state index is 0.0511. The fraction of sp³-hybridized carbons (Fsp3) is 0.500. The molecule has 3 N–H and O–H groups in total. The first-order valence-electron chi connectivity index (χ1n) is 4.69. The third-order valence-corrected chi connectivity index (χ3v) is 2.02. The molecule has 1 heterocycles. The summed E-state index contributed by atoms with van der Waals surface area (Å²) < 4.78 is 5.35. The van der Waals surface area contributed by atoms with Gasteiger partial charge in [0.05, 0.1) is 5.92 Å². The zero-order valence-electron chi connectivity index (χ0n) is 8.54. The Morgan fingerprint density at radius 3 is 2.86 bits per heavy atom. The van der Waals surface area contributed by atoms with Crippen LogP contribution in [-0.4, -0.2) is 19.0 Å². The number of carbonyl (C=O) groups excluding carboxylic acids is 1. The normalized spacial score (nSPS) is 12.5. The summed E-state index contributed by atoms with van der Waals surface area (Å²) >= 11 is 0. The summed E-state index contributed by atoms with van der Waals surface area (Å²) in [6, 6.07) is 3.67. The summed E-state index contributed by atoms with van der Waals surface area (Å²) in [5, 5.41) is 2.72. The minimum atomic E-state index is -0.254. The molecule has 78 valence electrons. The van der Waals surface area contributed by atoms with E-state index in [9.17, 15) is 4.79 Å². The van der Waals surface area contributed by atoms with Gasteiger partial charge in [0.15, 0.2) is 0 Å². The van der Waals surface area contributed by atoms with Crippen LogP contribution in [0.4, 0.5) is 0 Å². The smallest absolute Gasteiger partial charge is 0.230 e. The van der Waals surface area contributed by atoms with E-state index in [1.807, 2.05) is 26.0 Å². The van der Waals surface area contributed by atoms with Crippen molar-refractivity contribution in [3.05, 3.63) is 23.7 Å². The van der Waals surface area contributed by atoms with Crippen molar-refractivity contribution in [2.24, 2.45) is 5.73 Å². The largest absolute Gasteiger partial charge is 0.466 e. The molecule has 0 radical (unpaired) electrons. The van der Waals surface area contributed by atoms with E-state index in [2.05, 4.69) is 5.32 Å². The summed E-state index contributed by atoms with van der Waals surface area (Å²) in [7, 11) is 0. The van der Waals surface area contributed by atoms with E-state index < -0.39 is 0 Å². The van der Waals surface area contributed by atoms with Crippen LogP contribution in [0.25, 0.3) is 0 Å². The molecule has 0 saturated heterocycles. The van der Waals surface area contributed by atoms with Crippen LogP contribution >= 0.6 is 0 Å². The van der Waals surface area contributed by atoms with Gasteiger partial charge in [0.1, 0.15) is 11.5 Å². The van der Waals surface area contributed by atoms with E-state index >= 15 is 0 Å². The summed E-state index contributed by atoms with van der Waals surface area (Å²) in [6.07, 6.45) is 0. The second-order valence-electron chi connectivity index (χ2n) is 3.25. The Balaban J connectivity index is 2.56. The van der Waals surface area contributed by atoms with E-state index in [-0.39, 0.29) is 11.8 Å². The lowest BCUT2D eigenvalue weighted by molar-refractivity contribution is -0.122. The number of nitrogens with one attached hydrogen (secondary N) is 1. The van der Waals surface area contributed by atoms with Crippen molar-refractivity contribution >= 4 is 5.91 Å². The lowest BCUT2D eigenvalue weighted by Crippen LogP contribution is -2.32. The molecule has 1 atom stereocenters. The lowest BCUT2D eigenvalue weighted by atomic mass is 10.1. The molecule has 14 heavy (non-hydrogen) atoms. The second-order valence-corrected chi connectivity index (χ2v) is 3.25. The molecule has 0 bridgehead atoms. The van der Waals surface area contributed by atoms with Gasteiger partial charge in [-0.15, -0.1) is 0 Å². The van der Waals surface area contributed by atoms with Crippen molar-refractivity contribution in [3.63, 3.8) is 0 Å². The maximum absolute atomic E-state index is 11.5. The standard InChI is InChI=1S/C10H16N2O2/c1-7-3-4-9(14-7)8(2)10(13)12-6-5-11/h3-4,8H,5-6,11H2,1-2H3,(H,12,13). The predicted octanol–water partition coefficient (Wildman–Crippen LogP) is 0.766. The van der Waals surface area contributed by atoms with Crippen molar-refractivity contribution in [2.45, 2.75) is 19.8 Å². The van der Waals surface area contributed by atoms with Crippen LogP contribution in [0, 0.1) is 6.92 Å². The van der Waals surface area contributed by atoms with Gasteiger partial charge in [-0.2, -0.15) is 0 Å². The van der Waals surface area contributed by atoms with Crippen molar-refractivity contribution in [1.82, 2.24) is 5.32 Å². The third-order valence-electron chi connectivity index (χ3n) is 2.02. The molecule has 1 aromatic heterocycles. The Bertz CT molecular complexity index is 307. The number of carbonyl (C=O) groups is 1. The minimum Gasteiger partial charge on any atom is -0.466 e. The van der Waals surface area contributed by atoms with Crippen molar-refractivity contribution in [1.29, 1.82) is 0 Å². The molecule has 1 aromatic rings. The molecular weight excluding hydrogens is 180 g/mol. The van der Waals surface area contributed by atoms with Crippen LogP contribution in [0.1, 0.15) is 24.4 Å². The Morgan fingerprint density at radius 2 is 2.36 bits per heavy atom. The molecule has 0 spiro atoms. The highest BCUT2D eigenvalue weighted by Crippen LogP contribution is 2.17. The van der Waals surface area contributed by atoms with Crippen molar-refractivity contribution in [2.75, 3.05) is 13.1 Å². The van der Waals surface area contributed by atoms with Crippen LogP contribution in [-0.2, 0) is 4.79 Å². The van der Waals surface area contributed by atoms with E-state index in [0.29, 0.717) is 18.8 Å². The van der Waals surface area contributed by atoms with E-state index in [4.69, 9.17) is 10.2 Å². The SMILES string of the molecule is Cc1ccc(C(C)C(=O)NCCN)o1. The zero-order valence-corrected chi connectivity index (χ0v) is 8.54. The average Bonchev–Trinajstić information content (AvgIpc) is 2.60. The monoisotopic (exact) mass is 196 g/mol. The van der Waals surface area contributed by atoms with Crippen LogP contribution in [0.5, 0.6) is 0 Å². The average molecular weight is 196 g/mol. The topological polar surface area (TPSA) is 68.3 Å². The first-order valence-corrected chi connectivity index (χ1v) is 4.69. The van der Waals surface area contributed by atoms with Gasteiger partial charge < -0.3 is 15.5 Å². The summed E-state index contributed by atoms with van der Waals surface area (Å²) in [5.74, 6) is 1.20. The van der Waals surface area contributed by atoms with E-state index in [1.54, 1.807) is 0 Å². The molecule has 0 aliphatic carbocycles. The van der Waals surface area contributed by atoms with Crippen LogP contribution < -0.4 is 11.1 Å². The maximum atomic E-state index is 11.5. The van der Waals surface area contributed by atoms with Gasteiger partial charge in [-0.05, 0) is 26.0 Å². The van der Waals surface area contributed by atoms with Gasteiger partial charge in [-0.1, -0.05) is 0 Å². The van der Waals surface area contributed by atoms with Crippen LogP contribution in [0.15, 0.2) is 16.5 Å². The van der Waals surface area contributed by atoms with Crippen molar-refractivity contribution < 1.29 is 9.21 Å². The summed E-state index contributed by atoms with van der Waals surface area (Å²) in [4.78, 5) is 11.5. The van der Waals surface area contributed by atoms with Crippen LogP contribution in [0.2, 0.25) is 0 Å². The molecule has 4 heteroatoms. The zero-order chi connectivity index (χ0) is 10.6. The predicted molar refractivity (Wildman–Crippen MR) is 53.9 cm³/mol. The molecule has 0 aliphatic rings. The Morgan fingerprint density at radius 1 is 1.64 bits per heavy atom. The second kappa shape index (κ2) is 4.81. The van der Waals surface area contributed by atoms with Gasteiger partial charge in [-0.25, -0.2) is 0 Å². The molecule has 0 aliphatic heterocycles. The lowest BCUT2D eigenvalue weighted by Gasteiger charge is -2.08. The fourth-order valence-corrected chi connectivity index (χ4v) is 1.16. The van der Waals surface area contributed by atoms with Gasteiger partial charge >= 0.3 is 0 Å². The number of aryl methyl sites for hydroxylation is 1. The molecule has 0 fully saturated rings. The Kier molecular flexibility index (Phi) is 3.71. The molecular formula is C10H16N2O2. The first kappa shape index (κ1) is 10.8. The summed E-state index contributed by atoms with van der Waals surface area (Å²) in [5.41, 5.74) is 5.28. The quantitative estimate of drug-likeness (QED) is 0.747. The number of nitrogens with two attached hydrogens (primary N) is 1. The van der Waals surface area contributed by atoms with Gasteiger partial charge in [-0.3, -0.25) is 4.79 Å². The van der Waals surface area contributed by atoms with Gasteiger partial charge in [0, 0.05) is 13.1 Å². The first-order chi connectivity index (χ1) is 6.65. The molecule has 4 nitrogen and oxygen atoms in total. The Hall–Kier alpha value is -1.29. The number of rotatable bonds is 4. The summed E-state index contributed by atoms with van der Waals surface area (Å²) in [6.45, 7) is 4.62. The van der Waals surface area contributed by atoms with Crippen LogP contribution in [0.3, 0.4) is 0 Å². The van der Waals surface area contributed by atoms with E-state index in [1.165, 1.54) is 0 Å². The highest BCUT2D eigenvalue weighted by Gasteiger charge is 2.17. The van der Waals surface area contributed by atoms with Gasteiger partial charge in [0.2, 0.25) is 5.91 Å². The number of furan rings is 1. The maximum Gasteiger partial charge on any atom is 0.230 e. The third kappa shape index (κ3) is 2.60. The molecule has 0 aromatic carbocycles. The van der Waals surface area contributed by atoms with Crippen molar-refractivity contribution in [3.8, 4) is 0 Å². The van der Waals surface area contributed by atoms with E-state index in [0.717, 1.165) is 5.76 Å². The number of amides is 1.